The van der Waals surface area contributed by atoms with Crippen LogP contribution in [0.25, 0.3) is 11.4 Å². The number of ether oxygens (including phenoxy) is 2. The summed E-state index contributed by atoms with van der Waals surface area (Å²) in [5.41, 5.74) is 15.7. The number of hydrogen-bond donors (Lipinski definition) is 4. The highest BCUT2D eigenvalue weighted by atomic mass is 16.5. The molecule has 0 aliphatic heterocycles. The lowest BCUT2D eigenvalue weighted by molar-refractivity contribution is 0.414. The van der Waals surface area contributed by atoms with Crippen LogP contribution < -0.4 is 42.6 Å². The van der Waals surface area contributed by atoms with Crippen LogP contribution in [0, 0.1) is 0 Å². The molecule has 0 saturated heterocycles. The van der Waals surface area contributed by atoms with Gasteiger partial charge < -0.3 is 20.9 Å². The molecular formula is C23H27N7O2. The molecular weight excluding hydrogens is 406 g/mol. The number of nitrogens with two attached hydrogens (primary N) is 4. The van der Waals surface area contributed by atoms with Gasteiger partial charge in [-0.2, -0.15) is 0 Å². The smallest absolute Gasteiger partial charge is 0.119 e. The van der Waals surface area contributed by atoms with Crippen LogP contribution in [0.4, 0.5) is 11.4 Å². The van der Waals surface area contributed by atoms with E-state index in [9.17, 15) is 0 Å². The Balaban J connectivity index is 1.77. The predicted molar refractivity (Wildman–Crippen MR) is 128 cm³/mol. The number of rotatable bonds is 8. The van der Waals surface area contributed by atoms with E-state index in [2.05, 4.69) is 4.98 Å². The molecule has 32 heavy (non-hydrogen) atoms. The third-order valence-electron chi connectivity index (χ3n) is 4.64. The van der Waals surface area contributed by atoms with Gasteiger partial charge in [0.05, 0.1) is 48.4 Å². The van der Waals surface area contributed by atoms with Gasteiger partial charge in [0.2, 0.25) is 0 Å². The van der Waals surface area contributed by atoms with Gasteiger partial charge in [0.1, 0.15) is 11.5 Å². The Hall–Kier alpha value is -4.21. The molecule has 0 atom stereocenters. The third-order valence-corrected chi connectivity index (χ3v) is 4.64. The van der Waals surface area contributed by atoms with Gasteiger partial charge in [-0.25, -0.2) is 16.7 Å². The SMILES string of the molecule is COc1ccc(N(N)/C=C(\N)c2cccc(/C(N)=C/N(N)c3ccc(OC)cc3)n2)cc1. The highest BCUT2D eigenvalue weighted by Gasteiger charge is 2.08. The lowest BCUT2D eigenvalue weighted by atomic mass is 10.2. The molecule has 9 nitrogen and oxygen atoms in total. The number of methoxy groups -OCH3 is 2. The van der Waals surface area contributed by atoms with Crippen molar-refractivity contribution in [2.75, 3.05) is 24.2 Å². The highest BCUT2D eigenvalue weighted by Crippen LogP contribution is 2.20. The molecule has 0 aliphatic carbocycles. The zero-order valence-corrected chi connectivity index (χ0v) is 18.0. The van der Waals surface area contributed by atoms with Crippen molar-refractivity contribution in [2.45, 2.75) is 0 Å². The number of aromatic nitrogens is 1. The van der Waals surface area contributed by atoms with Crippen LogP contribution in [0.2, 0.25) is 0 Å². The van der Waals surface area contributed by atoms with E-state index in [-0.39, 0.29) is 0 Å². The summed E-state index contributed by atoms with van der Waals surface area (Å²) < 4.78 is 10.3. The van der Waals surface area contributed by atoms with Gasteiger partial charge in [0.25, 0.3) is 0 Å². The molecule has 3 rings (SSSR count). The zero-order valence-electron chi connectivity index (χ0n) is 18.0. The van der Waals surface area contributed by atoms with Crippen molar-refractivity contribution in [3.05, 3.63) is 90.5 Å². The number of hydrazine groups is 2. The normalized spacial score (nSPS) is 11.8. The van der Waals surface area contributed by atoms with Gasteiger partial charge in [-0.15, -0.1) is 0 Å². The average Bonchev–Trinajstić information content (AvgIpc) is 2.84. The zero-order chi connectivity index (χ0) is 23.1. The minimum absolute atomic E-state index is 0.373. The Morgan fingerprint density at radius 1 is 0.688 bits per heavy atom. The molecule has 1 aromatic heterocycles. The fraction of sp³-hybridized carbons (Fsp3) is 0.0870. The maximum atomic E-state index is 6.22. The molecule has 0 spiro atoms. The largest absolute Gasteiger partial charge is 0.497 e. The van der Waals surface area contributed by atoms with Gasteiger partial charge in [0, 0.05) is 12.4 Å². The molecule has 9 heteroatoms. The van der Waals surface area contributed by atoms with Crippen LogP contribution in [0.3, 0.4) is 0 Å². The Morgan fingerprint density at radius 2 is 1.06 bits per heavy atom. The van der Waals surface area contributed by atoms with Crippen molar-refractivity contribution in [1.29, 1.82) is 0 Å². The van der Waals surface area contributed by atoms with Crippen LogP contribution >= 0.6 is 0 Å². The maximum absolute atomic E-state index is 6.22. The molecule has 0 fully saturated rings. The van der Waals surface area contributed by atoms with E-state index in [1.54, 1.807) is 38.8 Å². The van der Waals surface area contributed by atoms with Crippen molar-refractivity contribution in [3.8, 4) is 11.5 Å². The number of hydrogen-bond acceptors (Lipinski definition) is 9. The average molecular weight is 434 g/mol. The van der Waals surface area contributed by atoms with Crippen LogP contribution in [0.5, 0.6) is 11.5 Å². The molecule has 0 aliphatic rings. The molecule has 0 unspecified atom stereocenters. The monoisotopic (exact) mass is 433 g/mol. The number of anilines is 2. The molecule has 0 bridgehead atoms. The minimum atomic E-state index is 0.373. The first-order valence-corrected chi connectivity index (χ1v) is 9.69. The standard InChI is InChI=1S/C23H27N7O2/c1-31-18-10-6-16(7-11-18)29(26)14-20(24)22-4-3-5-23(28-22)21(25)15-30(27)17-8-12-19(32-2)13-9-17/h3-15H,24-27H2,1-2H3/b20-14-,21-15-. The Morgan fingerprint density at radius 3 is 1.41 bits per heavy atom. The Kier molecular flexibility index (Phi) is 7.17. The van der Waals surface area contributed by atoms with Crippen LogP contribution in [0.15, 0.2) is 79.1 Å². The van der Waals surface area contributed by atoms with Gasteiger partial charge in [-0.05, 0) is 60.7 Å². The molecule has 3 aromatic rings. The summed E-state index contributed by atoms with van der Waals surface area (Å²) >= 11 is 0. The van der Waals surface area contributed by atoms with E-state index in [0.29, 0.717) is 22.8 Å². The van der Waals surface area contributed by atoms with Crippen molar-refractivity contribution in [3.63, 3.8) is 0 Å². The van der Waals surface area contributed by atoms with Crippen LogP contribution in [0.1, 0.15) is 11.4 Å². The van der Waals surface area contributed by atoms with Crippen LogP contribution in [-0.2, 0) is 0 Å². The number of nitrogens with zero attached hydrogens (tertiary/aromatic N) is 3. The third kappa shape index (κ3) is 5.48. The second-order valence-corrected chi connectivity index (χ2v) is 6.79. The van der Waals surface area contributed by atoms with Gasteiger partial charge >= 0.3 is 0 Å². The van der Waals surface area contributed by atoms with Gasteiger partial charge in [-0.3, -0.25) is 10.0 Å². The molecule has 166 valence electrons. The van der Waals surface area contributed by atoms with Crippen molar-refractivity contribution < 1.29 is 9.47 Å². The maximum Gasteiger partial charge on any atom is 0.119 e. The topological polar surface area (TPSA) is 142 Å². The van der Waals surface area contributed by atoms with E-state index in [4.69, 9.17) is 32.6 Å². The summed E-state index contributed by atoms with van der Waals surface area (Å²) in [5, 5.41) is 2.82. The molecule has 8 N–H and O–H groups in total. The van der Waals surface area contributed by atoms with Crippen molar-refractivity contribution in [1.82, 2.24) is 4.98 Å². The Labute approximate surface area is 187 Å². The lowest BCUT2D eigenvalue weighted by Gasteiger charge is -2.16. The summed E-state index contributed by atoms with van der Waals surface area (Å²) in [5.74, 6) is 13.7. The summed E-state index contributed by atoms with van der Waals surface area (Å²) in [6.07, 6.45) is 3.17. The van der Waals surface area contributed by atoms with Gasteiger partial charge in [-0.1, -0.05) is 6.07 Å². The summed E-state index contributed by atoms with van der Waals surface area (Å²) in [4.78, 5) is 4.53. The van der Waals surface area contributed by atoms with Crippen molar-refractivity contribution in [2.24, 2.45) is 23.2 Å². The fourth-order valence-electron chi connectivity index (χ4n) is 2.85. The highest BCUT2D eigenvalue weighted by molar-refractivity contribution is 5.68. The first kappa shape index (κ1) is 22.5. The van der Waals surface area contributed by atoms with E-state index >= 15 is 0 Å². The van der Waals surface area contributed by atoms with E-state index in [0.717, 1.165) is 22.9 Å². The van der Waals surface area contributed by atoms with E-state index < -0.39 is 0 Å². The predicted octanol–water partition coefficient (Wildman–Crippen LogP) is 2.37. The molecule has 0 amide bonds. The second kappa shape index (κ2) is 10.2. The fourth-order valence-corrected chi connectivity index (χ4v) is 2.85. The van der Waals surface area contributed by atoms with E-state index in [1.165, 1.54) is 10.0 Å². The van der Waals surface area contributed by atoms with Gasteiger partial charge in [0.15, 0.2) is 0 Å². The Bertz CT molecular complexity index is 1010. The minimum Gasteiger partial charge on any atom is -0.497 e. The quantitative estimate of drug-likeness (QED) is 0.311. The lowest BCUT2D eigenvalue weighted by Crippen LogP contribution is -2.26. The molecule has 0 saturated carbocycles. The van der Waals surface area contributed by atoms with Crippen molar-refractivity contribution >= 4 is 22.8 Å². The second-order valence-electron chi connectivity index (χ2n) is 6.79. The molecule has 1 heterocycles. The van der Waals surface area contributed by atoms with Crippen LogP contribution in [-0.4, -0.2) is 19.2 Å². The summed E-state index contributed by atoms with van der Waals surface area (Å²) in [6, 6.07) is 19.9. The number of pyridine rings is 1. The summed E-state index contributed by atoms with van der Waals surface area (Å²) in [7, 11) is 3.21. The molecule has 0 radical (unpaired) electrons. The van der Waals surface area contributed by atoms with E-state index in [1.807, 2.05) is 54.6 Å². The summed E-state index contributed by atoms with van der Waals surface area (Å²) in [6.45, 7) is 0. The first-order chi connectivity index (χ1) is 15.4. The molecule has 2 aromatic carbocycles. The first-order valence-electron chi connectivity index (χ1n) is 9.69. The number of benzene rings is 2.